The Hall–Kier alpha value is -1.48. The molecule has 1 aromatic rings. The number of amides is 1. The summed E-state index contributed by atoms with van der Waals surface area (Å²) in [5, 5.41) is 0. The van der Waals surface area contributed by atoms with Crippen molar-refractivity contribution in [3.63, 3.8) is 0 Å². The van der Waals surface area contributed by atoms with E-state index in [9.17, 15) is 13.2 Å². The minimum Gasteiger partial charge on any atom is -0.378 e. The number of piperidine rings is 1. The number of morpholine rings is 1. The molecule has 3 saturated heterocycles. The van der Waals surface area contributed by atoms with E-state index in [1.165, 1.54) is 0 Å². The molecule has 0 saturated carbocycles. The van der Waals surface area contributed by atoms with Gasteiger partial charge in [-0.2, -0.15) is 0 Å². The summed E-state index contributed by atoms with van der Waals surface area (Å²) in [6, 6.07) is 9.32. The zero-order valence-corrected chi connectivity index (χ0v) is 18.3. The van der Waals surface area contributed by atoms with Gasteiger partial charge in [-0.3, -0.25) is 4.79 Å². The maximum Gasteiger partial charge on any atom is 0.223 e. The monoisotopic (exact) mass is 436 g/mol. The highest BCUT2D eigenvalue weighted by atomic mass is 32.2. The maximum absolute atomic E-state index is 12.8. The lowest BCUT2D eigenvalue weighted by atomic mass is 9.78. The van der Waals surface area contributed by atoms with Gasteiger partial charge in [-0.25, -0.2) is 12.7 Å². The Balaban J connectivity index is 1.31. The summed E-state index contributed by atoms with van der Waals surface area (Å²) in [6.07, 6.45) is 3.69. The molecule has 0 aromatic heterocycles. The van der Waals surface area contributed by atoms with Crippen molar-refractivity contribution < 1.29 is 22.7 Å². The smallest absolute Gasteiger partial charge is 0.223 e. The predicted molar refractivity (Wildman–Crippen MR) is 113 cm³/mol. The van der Waals surface area contributed by atoms with Crippen molar-refractivity contribution in [1.29, 1.82) is 0 Å². The van der Waals surface area contributed by atoms with Gasteiger partial charge >= 0.3 is 0 Å². The number of ether oxygens (including phenoxy) is 2. The number of nitrogens with zero attached hydrogens (tertiary/aromatic N) is 2. The van der Waals surface area contributed by atoms with Crippen LogP contribution in [0, 0.1) is 5.92 Å². The van der Waals surface area contributed by atoms with E-state index >= 15 is 0 Å². The number of rotatable bonds is 5. The Bertz CT molecular complexity index is 815. The molecule has 7 nitrogen and oxygen atoms in total. The summed E-state index contributed by atoms with van der Waals surface area (Å²) < 4.78 is 38.8. The van der Waals surface area contributed by atoms with Crippen molar-refractivity contribution in [3.8, 4) is 0 Å². The average Bonchev–Trinajstić information content (AvgIpc) is 2.75. The molecule has 4 rings (SSSR count). The van der Waals surface area contributed by atoms with Crippen LogP contribution >= 0.6 is 0 Å². The van der Waals surface area contributed by atoms with Crippen molar-refractivity contribution in [1.82, 2.24) is 9.21 Å². The Labute approximate surface area is 179 Å². The first kappa shape index (κ1) is 21.7. The normalized spacial score (nSPS) is 25.3. The van der Waals surface area contributed by atoms with Gasteiger partial charge in [0.15, 0.2) is 0 Å². The van der Waals surface area contributed by atoms with Crippen molar-refractivity contribution >= 4 is 15.9 Å². The topological polar surface area (TPSA) is 76.2 Å². The largest absolute Gasteiger partial charge is 0.378 e. The van der Waals surface area contributed by atoms with E-state index in [2.05, 4.69) is 0 Å². The van der Waals surface area contributed by atoms with Crippen LogP contribution in [0.1, 0.15) is 37.7 Å². The Morgan fingerprint density at radius 2 is 1.73 bits per heavy atom. The van der Waals surface area contributed by atoms with Crippen LogP contribution in [0.4, 0.5) is 0 Å². The molecule has 1 atom stereocenters. The summed E-state index contributed by atoms with van der Waals surface area (Å²) in [7, 11) is -3.33. The molecule has 3 aliphatic heterocycles. The van der Waals surface area contributed by atoms with E-state index in [0.29, 0.717) is 71.2 Å². The number of benzene rings is 1. The Kier molecular flexibility index (Phi) is 6.77. The van der Waals surface area contributed by atoms with Gasteiger partial charge in [-0.1, -0.05) is 30.3 Å². The summed E-state index contributed by atoms with van der Waals surface area (Å²) in [5.41, 5.74) is 0.529. The van der Waals surface area contributed by atoms with Crippen LogP contribution in [0.5, 0.6) is 0 Å². The summed E-state index contributed by atoms with van der Waals surface area (Å²) in [5.74, 6) is 0.558. The molecule has 0 radical (unpaired) electrons. The first-order chi connectivity index (χ1) is 14.5. The Morgan fingerprint density at radius 3 is 2.43 bits per heavy atom. The minimum absolute atomic E-state index is 0.0401. The highest BCUT2D eigenvalue weighted by Crippen LogP contribution is 2.39. The molecule has 3 heterocycles. The lowest BCUT2D eigenvalue weighted by Crippen LogP contribution is -2.51. The van der Waals surface area contributed by atoms with Gasteiger partial charge in [-0.15, -0.1) is 0 Å². The fraction of sp³-hybridized carbons (Fsp3) is 0.682. The minimum atomic E-state index is -3.33. The van der Waals surface area contributed by atoms with E-state index in [1.54, 1.807) is 4.31 Å². The lowest BCUT2D eigenvalue weighted by molar-refractivity contribution is -0.143. The van der Waals surface area contributed by atoms with Gasteiger partial charge in [0.1, 0.15) is 0 Å². The highest BCUT2D eigenvalue weighted by Gasteiger charge is 2.43. The molecule has 0 aliphatic carbocycles. The second-order valence-electron chi connectivity index (χ2n) is 8.73. The third-order valence-electron chi connectivity index (χ3n) is 6.64. The molecule has 1 amide bonds. The summed E-state index contributed by atoms with van der Waals surface area (Å²) in [6.45, 7) is 4.23. The first-order valence-electron chi connectivity index (χ1n) is 11.0. The van der Waals surface area contributed by atoms with Gasteiger partial charge < -0.3 is 14.4 Å². The summed E-state index contributed by atoms with van der Waals surface area (Å²) >= 11 is 0. The third-order valence-corrected chi connectivity index (χ3v) is 8.49. The molecule has 1 aromatic carbocycles. The highest BCUT2D eigenvalue weighted by molar-refractivity contribution is 7.88. The third kappa shape index (κ3) is 5.22. The fourth-order valence-corrected chi connectivity index (χ4v) is 6.42. The van der Waals surface area contributed by atoms with E-state index in [1.807, 2.05) is 35.2 Å². The second kappa shape index (κ2) is 9.34. The molecular weight excluding hydrogens is 404 g/mol. The second-order valence-corrected chi connectivity index (χ2v) is 10.7. The summed E-state index contributed by atoms with van der Waals surface area (Å²) in [4.78, 5) is 14.5. The molecular formula is C22H32N2O5S. The van der Waals surface area contributed by atoms with Gasteiger partial charge in [0, 0.05) is 39.2 Å². The van der Waals surface area contributed by atoms with E-state index in [0.717, 1.165) is 18.4 Å². The van der Waals surface area contributed by atoms with Crippen LogP contribution in [-0.2, 0) is 30.0 Å². The molecule has 3 aliphatic rings. The van der Waals surface area contributed by atoms with Crippen LogP contribution in [0.3, 0.4) is 0 Å². The van der Waals surface area contributed by atoms with Gasteiger partial charge in [0.2, 0.25) is 15.9 Å². The standard InChI is InChI=1S/C22H32N2O5S/c25-21(23-11-14-28-15-12-23)16-20-6-13-29-22(17-20)7-9-24(10-8-22)30(26,27)18-19-4-2-1-3-5-19/h1-5,20H,6-18H2. The molecule has 0 bridgehead atoms. The zero-order valence-electron chi connectivity index (χ0n) is 17.5. The molecule has 3 fully saturated rings. The zero-order chi connectivity index (χ0) is 21.0. The van der Waals surface area contributed by atoms with Crippen molar-refractivity contribution in [2.45, 2.75) is 43.5 Å². The molecule has 166 valence electrons. The SMILES string of the molecule is O=C(CC1CCOC2(CCN(S(=O)(=O)Cc3ccccc3)CC2)C1)N1CCOCC1. The van der Waals surface area contributed by atoms with Gasteiger partial charge in [0.25, 0.3) is 0 Å². The van der Waals surface area contributed by atoms with E-state index in [-0.39, 0.29) is 17.3 Å². The number of hydrogen-bond acceptors (Lipinski definition) is 5. The number of hydrogen-bond donors (Lipinski definition) is 0. The lowest BCUT2D eigenvalue weighted by Gasteiger charge is -2.46. The first-order valence-corrected chi connectivity index (χ1v) is 12.6. The van der Waals surface area contributed by atoms with Crippen molar-refractivity contribution in [2.75, 3.05) is 46.0 Å². The maximum atomic E-state index is 12.8. The number of carbonyl (C=O) groups is 1. The molecule has 1 spiro atoms. The molecule has 0 N–H and O–H groups in total. The van der Waals surface area contributed by atoms with Crippen LogP contribution < -0.4 is 0 Å². The van der Waals surface area contributed by atoms with Gasteiger partial charge in [0.05, 0.1) is 24.6 Å². The van der Waals surface area contributed by atoms with Crippen LogP contribution in [0.15, 0.2) is 30.3 Å². The molecule has 1 unspecified atom stereocenters. The Morgan fingerprint density at radius 1 is 1.03 bits per heavy atom. The molecule has 8 heteroatoms. The van der Waals surface area contributed by atoms with Crippen molar-refractivity contribution in [2.24, 2.45) is 5.92 Å². The predicted octanol–water partition coefficient (Wildman–Crippen LogP) is 2.03. The molecule has 30 heavy (non-hydrogen) atoms. The number of carbonyl (C=O) groups excluding carboxylic acids is 1. The van der Waals surface area contributed by atoms with E-state index < -0.39 is 10.0 Å². The number of sulfonamides is 1. The van der Waals surface area contributed by atoms with Crippen molar-refractivity contribution in [3.05, 3.63) is 35.9 Å². The van der Waals surface area contributed by atoms with Crippen LogP contribution in [0.2, 0.25) is 0 Å². The van der Waals surface area contributed by atoms with Crippen LogP contribution in [0.25, 0.3) is 0 Å². The van der Waals surface area contributed by atoms with Crippen LogP contribution in [-0.4, -0.2) is 75.1 Å². The average molecular weight is 437 g/mol. The van der Waals surface area contributed by atoms with Gasteiger partial charge in [-0.05, 0) is 37.2 Å². The van der Waals surface area contributed by atoms with E-state index in [4.69, 9.17) is 9.47 Å². The quantitative estimate of drug-likeness (QED) is 0.706. The fourth-order valence-electron chi connectivity index (χ4n) is 4.89.